The molecule has 20 heavy (non-hydrogen) atoms. The first-order chi connectivity index (χ1) is 9.47. The number of rotatable bonds is 4. The number of hydrogen-bond acceptors (Lipinski definition) is 1. The Hall–Kier alpha value is -1.75. The van der Waals surface area contributed by atoms with Crippen molar-refractivity contribution in [2.24, 2.45) is 0 Å². The van der Waals surface area contributed by atoms with Gasteiger partial charge < -0.3 is 4.74 Å². The lowest BCUT2D eigenvalue weighted by atomic mass is 10.0. The van der Waals surface area contributed by atoms with E-state index in [4.69, 9.17) is 11.6 Å². The van der Waals surface area contributed by atoms with Gasteiger partial charge in [-0.3, -0.25) is 0 Å². The van der Waals surface area contributed by atoms with Crippen LogP contribution in [0.25, 0.3) is 0 Å². The minimum absolute atomic E-state index is 0.0686. The Labute approximate surface area is 117 Å². The van der Waals surface area contributed by atoms with Crippen LogP contribution >= 0.6 is 11.6 Å². The molecule has 0 N–H and O–H groups in total. The van der Waals surface area contributed by atoms with Crippen LogP contribution in [-0.2, 0) is 0 Å². The van der Waals surface area contributed by atoms with Gasteiger partial charge in [-0.25, -0.2) is 8.78 Å². The smallest absolute Gasteiger partial charge is 0.387 e. The Kier molecular flexibility index (Phi) is 4.49. The van der Waals surface area contributed by atoms with Crippen molar-refractivity contribution in [2.75, 3.05) is 0 Å². The van der Waals surface area contributed by atoms with Gasteiger partial charge in [0.05, 0.1) is 5.38 Å². The lowest BCUT2D eigenvalue weighted by molar-refractivity contribution is -0.0498. The first-order valence-corrected chi connectivity index (χ1v) is 6.05. The summed E-state index contributed by atoms with van der Waals surface area (Å²) in [6.07, 6.45) is 0. The summed E-state index contributed by atoms with van der Waals surface area (Å²) in [5, 5.41) is -1.01. The molecule has 0 spiro atoms. The Morgan fingerprint density at radius 1 is 1.00 bits per heavy atom. The molecule has 0 saturated carbocycles. The van der Waals surface area contributed by atoms with E-state index in [2.05, 4.69) is 4.74 Å². The molecule has 0 aromatic heterocycles. The van der Waals surface area contributed by atoms with E-state index in [1.165, 1.54) is 24.3 Å². The number of halogens is 5. The van der Waals surface area contributed by atoms with Gasteiger partial charge in [-0.15, -0.1) is 11.6 Å². The molecular weight excluding hydrogens is 296 g/mol. The maximum absolute atomic E-state index is 13.6. The number of ether oxygens (including phenoxy) is 1. The highest BCUT2D eigenvalue weighted by molar-refractivity contribution is 6.22. The van der Waals surface area contributed by atoms with Crippen LogP contribution in [0.4, 0.5) is 17.6 Å². The minimum Gasteiger partial charge on any atom is -0.435 e. The summed E-state index contributed by atoms with van der Waals surface area (Å²) in [6, 6.07) is 8.43. The zero-order chi connectivity index (χ0) is 14.7. The quantitative estimate of drug-likeness (QED) is 0.577. The van der Waals surface area contributed by atoms with Gasteiger partial charge in [0, 0.05) is 5.56 Å². The fourth-order valence-electron chi connectivity index (χ4n) is 1.74. The second kappa shape index (κ2) is 6.13. The topological polar surface area (TPSA) is 9.23 Å². The number of hydrogen-bond donors (Lipinski definition) is 0. The van der Waals surface area contributed by atoms with Crippen molar-refractivity contribution in [3.8, 4) is 5.75 Å². The zero-order valence-electron chi connectivity index (χ0n) is 9.99. The van der Waals surface area contributed by atoms with Crippen LogP contribution in [0.3, 0.4) is 0 Å². The monoisotopic (exact) mass is 304 g/mol. The molecule has 1 nitrogen and oxygen atoms in total. The SMILES string of the molecule is Fc1ccc(F)c(C(Cl)c2cccc(OC(F)F)c2)c1. The minimum atomic E-state index is -2.97. The van der Waals surface area contributed by atoms with Crippen molar-refractivity contribution in [3.05, 3.63) is 65.2 Å². The fourth-order valence-corrected chi connectivity index (χ4v) is 2.04. The van der Waals surface area contributed by atoms with Crippen molar-refractivity contribution < 1.29 is 22.3 Å². The predicted molar refractivity (Wildman–Crippen MR) is 67.1 cm³/mol. The van der Waals surface area contributed by atoms with E-state index >= 15 is 0 Å². The highest BCUT2D eigenvalue weighted by atomic mass is 35.5. The molecule has 2 rings (SSSR count). The normalized spacial score (nSPS) is 12.5. The molecule has 0 bridgehead atoms. The first-order valence-electron chi connectivity index (χ1n) is 5.61. The van der Waals surface area contributed by atoms with Gasteiger partial charge in [0.2, 0.25) is 0 Å². The molecule has 0 aliphatic carbocycles. The standard InChI is InChI=1S/C14H9ClF4O/c15-13(11-7-9(16)4-5-12(11)17)8-2-1-3-10(6-8)20-14(18)19/h1-7,13-14H. The van der Waals surface area contributed by atoms with E-state index in [0.717, 1.165) is 18.2 Å². The molecule has 0 saturated heterocycles. The van der Waals surface area contributed by atoms with E-state index in [1.807, 2.05) is 0 Å². The Morgan fingerprint density at radius 3 is 2.45 bits per heavy atom. The molecule has 0 aliphatic heterocycles. The van der Waals surface area contributed by atoms with Crippen LogP contribution in [0, 0.1) is 11.6 Å². The average Bonchev–Trinajstić information content (AvgIpc) is 2.40. The Balaban J connectivity index is 2.33. The van der Waals surface area contributed by atoms with Crippen molar-refractivity contribution in [3.63, 3.8) is 0 Å². The van der Waals surface area contributed by atoms with E-state index in [0.29, 0.717) is 5.56 Å². The van der Waals surface area contributed by atoms with Gasteiger partial charge in [0.15, 0.2) is 0 Å². The largest absolute Gasteiger partial charge is 0.435 e. The highest BCUT2D eigenvalue weighted by Gasteiger charge is 2.17. The number of alkyl halides is 3. The summed E-state index contributed by atoms with van der Waals surface area (Å²) in [4.78, 5) is 0. The van der Waals surface area contributed by atoms with Crippen molar-refractivity contribution in [2.45, 2.75) is 12.0 Å². The molecule has 0 heterocycles. The van der Waals surface area contributed by atoms with E-state index in [9.17, 15) is 17.6 Å². The van der Waals surface area contributed by atoms with Crippen LogP contribution in [0.15, 0.2) is 42.5 Å². The maximum atomic E-state index is 13.6. The molecule has 0 fully saturated rings. The summed E-state index contributed by atoms with van der Waals surface area (Å²) < 4.78 is 55.2. The molecule has 2 aromatic rings. The Bertz CT molecular complexity index is 603. The van der Waals surface area contributed by atoms with Gasteiger partial charge in [0.1, 0.15) is 17.4 Å². The number of benzene rings is 2. The fraction of sp³-hybridized carbons (Fsp3) is 0.143. The summed E-state index contributed by atoms with van der Waals surface area (Å²) in [6.45, 7) is -2.97. The zero-order valence-corrected chi connectivity index (χ0v) is 10.8. The molecule has 0 amide bonds. The van der Waals surface area contributed by atoms with Gasteiger partial charge in [-0.2, -0.15) is 8.78 Å². The third-order valence-electron chi connectivity index (χ3n) is 2.61. The van der Waals surface area contributed by atoms with Crippen molar-refractivity contribution in [1.29, 1.82) is 0 Å². The third-order valence-corrected chi connectivity index (χ3v) is 3.09. The molecule has 2 aromatic carbocycles. The van der Waals surface area contributed by atoms with Crippen molar-refractivity contribution in [1.82, 2.24) is 0 Å². The van der Waals surface area contributed by atoms with E-state index in [1.54, 1.807) is 0 Å². The predicted octanol–water partition coefficient (Wildman–Crippen LogP) is 4.89. The van der Waals surface area contributed by atoms with Crippen LogP contribution in [-0.4, -0.2) is 6.61 Å². The van der Waals surface area contributed by atoms with Crippen molar-refractivity contribution >= 4 is 11.6 Å². The average molecular weight is 305 g/mol. The van der Waals surface area contributed by atoms with Gasteiger partial charge in [-0.05, 0) is 35.9 Å². The van der Waals surface area contributed by atoms with Crippen LogP contribution in [0.1, 0.15) is 16.5 Å². The molecule has 1 unspecified atom stereocenters. The summed E-state index contributed by atoms with van der Waals surface area (Å²) in [5.74, 6) is -1.40. The summed E-state index contributed by atoms with van der Waals surface area (Å²) in [7, 11) is 0. The molecule has 6 heteroatoms. The molecule has 0 aliphatic rings. The Morgan fingerprint density at radius 2 is 1.75 bits per heavy atom. The lowest BCUT2D eigenvalue weighted by Crippen LogP contribution is -2.03. The molecule has 1 atom stereocenters. The highest BCUT2D eigenvalue weighted by Crippen LogP contribution is 2.33. The van der Waals surface area contributed by atoms with Crippen LogP contribution in [0.2, 0.25) is 0 Å². The molecule has 106 valence electrons. The van der Waals surface area contributed by atoms with Gasteiger partial charge >= 0.3 is 6.61 Å². The third kappa shape index (κ3) is 3.42. The maximum Gasteiger partial charge on any atom is 0.387 e. The molecular formula is C14H9ClF4O. The second-order valence-corrected chi connectivity index (χ2v) is 4.42. The van der Waals surface area contributed by atoms with E-state index < -0.39 is 23.6 Å². The van der Waals surface area contributed by atoms with Crippen LogP contribution < -0.4 is 4.74 Å². The van der Waals surface area contributed by atoms with E-state index in [-0.39, 0.29) is 11.3 Å². The second-order valence-electron chi connectivity index (χ2n) is 3.98. The van der Waals surface area contributed by atoms with Crippen LogP contribution in [0.5, 0.6) is 5.75 Å². The van der Waals surface area contributed by atoms with Gasteiger partial charge in [-0.1, -0.05) is 12.1 Å². The molecule has 0 radical (unpaired) electrons. The first kappa shape index (κ1) is 14.7. The summed E-state index contributed by atoms with van der Waals surface area (Å²) >= 11 is 6.07. The van der Waals surface area contributed by atoms with Gasteiger partial charge in [0.25, 0.3) is 0 Å². The lowest BCUT2D eigenvalue weighted by Gasteiger charge is -2.13. The summed E-state index contributed by atoms with van der Waals surface area (Å²) in [5.41, 5.74) is 0.259.